The fourth-order valence-corrected chi connectivity index (χ4v) is 1.34. The minimum Gasteiger partial charge on any atom is -0.489 e. The van der Waals surface area contributed by atoms with E-state index in [1.807, 2.05) is 27.0 Å². The second-order valence-electron chi connectivity index (χ2n) is 3.39. The number of allylic oxidation sites excluding steroid dienone is 1. The van der Waals surface area contributed by atoms with Gasteiger partial charge in [0.15, 0.2) is 0 Å². The predicted octanol–water partition coefficient (Wildman–Crippen LogP) is 2.67. The number of ether oxygens (including phenoxy) is 1. The lowest BCUT2D eigenvalue weighted by Gasteiger charge is -2.34. The van der Waals surface area contributed by atoms with Gasteiger partial charge in [-0.1, -0.05) is 13.8 Å². The second-order valence-corrected chi connectivity index (χ2v) is 3.39. The summed E-state index contributed by atoms with van der Waals surface area (Å²) in [6.45, 7) is 8.86. The van der Waals surface area contributed by atoms with E-state index in [0.29, 0.717) is 0 Å². The van der Waals surface area contributed by atoms with Gasteiger partial charge < -0.3 is 10.1 Å². The molecule has 1 aliphatic heterocycles. The van der Waals surface area contributed by atoms with Gasteiger partial charge in [0.1, 0.15) is 11.4 Å². The molecule has 2 heteroatoms. The van der Waals surface area contributed by atoms with E-state index in [2.05, 4.69) is 18.2 Å². The summed E-state index contributed by atoms with van der Waals surface area (Å²) < 4.78 is 5.68. The zero-order chi connectivity index (χ0) is 11.0. The van der Waals surface area contributed by atoms with E-state index in [1.165, 1.54) is 0 Å². The van der Waals surface area contributed by atoms with Gasteiger partial charge in [-0.2, -0.15) is 0 Å². The van der Waals surface area contributed by atoms with Gasteiger partial charge in [-0.15, -0.1) is 12.3 Å². The Kier molecular flexibility index (Phi) is 5.87. The third-order valence-electron chi connectivity index (χ3n) is 1.99. The molecular weight excluding hydrogens is 174 g/mol. The van der Waals surface area contributed by atoms with Crippen molar-refractivity contribution in [1.82, 2.24) is 5.32 Å². The second kappa shape index (κ2) is 6.37. The maximum atomic E-state index is 5.68. The van der Waals surface area contributed by atoms with Crippen molar-refractivity contribution in [2.24, 2.45) is 0 Å². The molecular formula is C12H21NO. The van der Waals surface area contributed by atoms with Crippen LogP contribution in [-0.2, 0) is 4.74 Å². The van der Waals surface area contributed by atoms with Crippen LogP contribution in [0.5, 0.6) is 0 Å². The number of terminal acetylenes is 1. The smallest absolute Gasteiger partial charge is 0.124 e. The van der Waals surface area contributed by atoms with Gasteiger partial charge >= 0.3 is 0 Å². The Bertz CT molecular complexity index is 227. The average molecular weight is 195 g/mol. The Hall–Kier alpha value is -1.10. The highest BCUT2D eigenvalue weighted by Crippen LogP contribution is 2.22. The zero-order valence-electron chi connectivity index (χ0n) is 9.68. The molecule has 2 nitrogen and oxygen atoms in total. The summed E-state index contributed by atoms with van der Waals surface area (Å²) in [5, 5.41) is 3.18. The number of nitrogens with one attached hydrogen (secondary N) is 1. The number of rotatable bonds is 2. The van der Waals surface area contributed by atoms with Crippen molar-refractivity contribution < 1.29 is 4.74 Å². The summed E-state index contributed by atoms with van der Waals surface area (Å²) in [5.74, 6) is 3.56. The maximum Gasteiger partial charge on any atom is 0.124 e. The Morgan fingerprint density at radius 2 is 2.29 bits per heavy atom. The van der Waals surface area contributed by atoms with Crippen LogP contribution in [0.25, 0.3) is 0 Å². The lowest BCUT2D eigenvalue weighted by molar-refractivity contribution is 0.00362. The van der Waals surface area contributed by atoms with Gasteiger partial charge in [-0.25, -0.2) is 0 Å². The first-order chi connectivity index (χ1) is 6.66. The van der Waals surface area contributed by atoms with Gasteiger partial charge in [0.2, 0.25) is 0 Å². The van der Waals surface area contributed by atoms with E-state index in [1.54, 1.807) is 0 Å². The van der Waals surface area contributed by atoms with E-state index < -0.39 is 0 Å². The third-order valence-corrected chi connectivity index (χ3v) is 1.99. The van der Waals surface area contributed by atoms with Gasteiger partial charge in [-0.3, -0.25) is 0 Å². The summed E-state index contributed by atoms with van der Waals surface area (Å²) in [6.07, 6.45) is 8.76. The van der Waals surface area contributed by atoms with Gasteiger partial charge in [0, 0.05) is 12.6 Å². The van der Waals surface area contributed by atoms with Crippen LogP contribution < -0.4 is 5.32 Å². The highest BCUT2D eigenvalue weighted by molar-refractivity contribution is 4.99. The van der Waals surface area contributed by atoms with Crippen LogP contribution in [-0.4, -0.2) is 12.1 Å². The molecule has 14 heavy (non-hydrogen) atoms. The molecule has 0 amide bonds. The molecule has 1 unspecified atom stereocenters. The zero-order valence-corrected chi connectivity index (χ0v) is 9.68. The molecule has 0 bridgehead atoms. The quantitative estimate of drug-likeness (QED) is 0.684. The molecule has 1 heterocycles. The first-order valence-corrected chi connectivity index (χ1v) is 5.19. The van der Waals surface area contributed by atoms with Gasteiger partial charge in [0.05, 0.1) is 6.54 Å². The van der Waals surface area contributed by atoms with Crippen LogP contribution in [0.2, 0.25) is 0 Å². The van der Waals surface area contributed by atoms with E-state index in [4.69, 9.17) is 11.2 Å². The van der Waals surface area contributed by atoms with Crippen molar-refractivity contribution in [3.8, 4) is 12.3 Å². The summed E-state index contributed by atoms with van der Waals surface area (Å²) in [5.41, 5.74) is -0.120. The molecule has 0 aromatic rings. The first-order valence-electron chi connectivity index (χ1n) is 5.19. The standard InChI is InChI=1S/C10H15NO.C2H6/c1-4-5-6-10(3)8-11-7-9(2)12-10;1-2/h1,7,11H,5-6,8H2,2-3H3;1-2H3. The molecule has 0 aromatic heterocycles. The van der Waals surface area contributed by atoms with Crippen molar-refractivity contribution in [3.63, 3.8) is 0 Å². The monoisotopic (exact) mass is 195 g/mol. The Morgan fingerprint density at radius 1 is 1.64 bits per heavy atom. The molecule has 1 atom stereocenters. The van der Waals surface area contributed by atoms with Crippen LogP contribution in [0.3, 0.4) is 0 Å². The Balaban J connectivity index is 0.000000791. The van der Waals surface area contributed by atoms with Crippen LogP contribution in [0, 0.1) is 12.3 Å². The van der Waals surface area contributed by atoms with Crippen molar-refractivity contribution in [3.05, 3.63) is 12.0 Å². The summed E-state index contributed by atoms with van der Waals surface area (Å²) in [4.78, 5) is 0. The normalized spacial score (nSPS) is 24.4. The third kappa shape index (κ3) is 4.23. The Labute approximate surface area is 87.7 Å². The van der Waals surface area contributed by atoms with E-state index in [0.717, 1.165) is 25.1 Å². The molecule has 1 aliphatic rings. The summed E-state index contributed by atoms with van der Waals surface area (Å²) in [6, 6.07) is 0. The molecule has 1 rings (SSSR count). The predicted molar refractivity (Wildman–Crippen MR) is 60.7 cm³/mol. The van der Waals surface area contributed by atoms with Crippen molar-refractivity contribution in [1.29, 1.82) is 0 Å². The fraction of sp³-hybridized carbons (Fsp3) is 0.667. The highest BCUT2D eigenvalue weighted by atomic mass is 16.5. The van der Waals surface area contributed by atoms with Gasteiger partial charge in [-0.05, 0) is 20.3 Å². The summed E-state index contributed by atoms with van der Waals surface area (Å²) >= 11 is 0. The highest BCUT2D eigenvalue weighted by Gasteiger charge is 2.27. The average Bonchev–Trinajstić information content (AvgIpc) is 2.18. The molecule has 1 N–H and O–H groups in total. The van der Waals surface area contributed by atoms with Crippen LogP contribution >= 0.6 is 0 Å². The largest absolute Gasteiger partial charge is 0.489 e. The van der Waals surface area contributed by atoms with Crippen LogP contribution in [0.15, 0.2) is 12.0 Å². The van der Waals surface area contributed by atoms with E-state index in [-0.39, 0.29) is 5.60 Å². The lowest BCUT2D eigenvalue weighted by atomic mass is 9.99. The van der Waals surface area contributed by atoms with E-state index in [9.17, 15) is 0 Å². The fourth-order valence-electron chi connectivity index (χ4n) is 1.34. The van der Waals surface area contributed by atoms with E-state index >= 15 is 0 Å². The molecule has 0 aromatic carbocycles. The molecule has 0 radical (unpaired) electrons. The molecule has 80 valence electrons. The minimum atomic E-state index is -0.120. The van der Waals surface area contributed by atoms with Crippen molar-refractivity contribution in [2.75, 3.05) is 6.54 Å². The topological polar surface area (TPSA) is 21.3 Å². The lowest BCUT2D eigenvalue weighted by Crippen LogP contribution is -2.41. The molecule has 0 aliphatic carbocycles. The SMILES string of the molecule is C#CCCC1(C)CNC=C(C)O1.CC. The van der Waals surface area contributed by atoms with Gasteiger partial charge in [0.25, 0.3) is 0 Å². The van der Waals surface area contributed by atoms with Crippen molar-refractivity contribution in [2.45, 2.75) is 46.1 Å². The van der Waals surface area contributed by atoms with Crippen LogP contribution in [0.1, 0.15) is 40.5 Å². The molecule has 0 saturated carbocycles. The number of hydrogen-bond donors (Lipinski definition) is 1. The first kappa shape index (κ1) is 12.9. The molecule has 0 saturated heterocycles. The summed E-state index contributed by atoms with van der Waals surface area (Å²) in [7, 11) is 0. The molecule has 0 spiro atoms. The number of hydrogen-bond acceptors (Lipinski definition) is 2. The van der Waals surface area contributed by atoms with Crippen molar-refractivity contribution >= 4 is 0 Å². The van der Waals surface area contributed by atoms with Crippen LogP contribution in [0.4, 0.5) is 0 Å². The molecule has 0 fully saturated rings. The minimum absolute atomic E-state index is 0.120. The maximum absolute atomic E-state index is 5.68. The Morgan fingerprint density at radius 3 is 2.79 bits per heavy atom.